The SMILES string of the molecule is Nc1nc(-c2c[nH]c3ncc(Cl)nc23)ncc1F. The van der Waals surface area contributed by atoms with E-state index in [1.165, 1.54) is 6.20 Å². The van der Waals surface area contributed by atoms with E-state index in [2.05, 4.69) is 24.9 Å². The van der Waals surface area contributed by atoms with E-state index in [-0.39, 0.29) is 16.8 Å². The predicted molar refractivity (Wildman–Crippen MR) is 64.3 cm³/mol. The van der Waals surface area contributed by atoms with Gasteiger partial charge in [-0.1, -0.05) is 11.6 Å². The normalized spacial score (nSPS) is 11.0. The molecule has 3 aromatic heterocycles. The second-order valence-electron chi connectivity index (χ2n) is 3.52. The quantitative estimate of drug-likeness (QED) is 0.699. The molecule has 0 aliphatic rings. The molecule has 6 nitrogen and oxygen atoms in total. The number of halogens is 2. The number of aromatic nitrogens is 5. The van der Waals surface area contributed by atoms with Crippen LogP contribution < -0.4 is 5.73 Å². The van der Waals surface area contributed by atoms with Gasteiger partial charge in [-0.05, 0) is 0 Å². The van der Waals surface area contributed by atoms with Crippen molar-refractivity contribution in [3.8, 4) is 11.4 Å². The summed E-state index contributed by atoms with van der Waals surface area (Å²) < 4.78 is 13.0. The third-order valence-corrected chi connectivity index (χ3v) is 2.55. The fraction of sp³-hybridized carbons (Fsp3) is 0. The number of H-pyrrole nitrogens is 1. The summed E-state index contributed by atoms with van der Waals surface area (Å²) in [6.07, 6.45) is 4.05. The Labute approximate surface area is 105 Å². The molecule has 0 saturated heterocycles. The van der Waals surface area contributed by atoms with Crippen LogP contribution in [0.2, 0.25) is 5.15 Å². The van der Waals surface area contributed by atoms with Crippen LogP contribution in [0, 0.1) is 5.82 Å². The van der Waals surface area contributed by atoms with Crippen LogP contribution in [0.15, 0.2) is 18.6 Å². The standard InChI is InChI=1S/C10H6ClFN6/c11-6-3-16-10-7(17-6)4(1-14-10)9-15-2-5(12)8(13)18-9/h1-3H,(H,14,16)(H2,13,15,18). The number of nitrogen functional groups attached to an aromatic ring is 1. The Kier molecular flexibility index (Phi) is 2.34. The number of nitrogens with zero attached hydrogens (tertiary/aromatic N) is 4. The van der Waals surface area contributed by atoms with E-state index in [0.717, 1.165) is 6.20 Å². The van der Waals surface area contributed by atoms with Gasteiger partial charge in [0, 0.05) is 6.20 Å². The number of anilines is 1. The van der Waals surface area contributed by atoms with Crippen molar-refractivity contribution in [2.45, 2.75) is 0 Å². The molecule has 18 heavy (non-hydrogen) atoms. The van der Waals surface area contributed by atoms with E-state index in [4.69, 9.17) is 17.3 Å². The summed E-state index contributed by atoms with van der Waals surface area (Å²) in [5, 5.41) is 0.249. The summed E-state index contributed by atoms with van der Waals surface area (Å²) in [5.41, 5.74) is 7.01. The van der Waals surface area contributed by atoms with E-state index in [1.807, 2.05) is 0 Å². The lowest BCUT2D eigenvalue weighted by Crippen LogP contribution is -1.99. The zero-order chi connectivity index (χ0) is 12.7. The van der Waals surface area contributed by atoms with E-state index in [1.54, 1.807) is 6.20 Å². The predicted octanol–water partition coefficient (Wildman–Crippen LogP) is 1.79. The first kappa shape index (κ1) is 10.8. The molecule has 0 aliphatic heterocycles. The van der Waals surface area contributed by atoms with Crippen LogP contribution in [0.3, 0.4) is 0 Å². The molecule has 8 heteroatoms. The highest BCUT2D eigenvalue weighted by Gasteiger charge is 2.13. The lowest BCUT2D eigenvalue weighted by atomic mass is 10.3. The monoisotopic (exact) mass is 264 g/mol. The van der Waals surface area contributed by atoms with Crippen LogP contribution in [0.5, 0.6) is 0 Å². The summed E-state index contributed by atoms with van der Waals surface area (Å²) in [6, 6.07) is 0. The molecule has 0 aliphatic carbocycles. The molecule has 3 heterocycles. The van der Waals surface area contributed by atoms with Crippen molar-refractivity contribution >= 4 is 28.6 Å². The van der Waals surface area contributed by atoms with Crippen molar-refractivity contribution < 1.29 is 4.39 Å². The van der Waals surface area contributed by atoms with E-state index >= 15 is 0 Å². The van der Waals surface area contributed by atoms with Gasteiger partial charge in [0.2, 0.25) is 0 Å². The maximum Gasteiger partial charge on any atom is 0.183 e. The minimum Gasteiger partial charge on any atom is -0.381 e. The Bertz CT molecular complexity index is 740. The Morgan fingerprint density at radius 3 is 2.83 bits per heavy atom. The maximum absolute atomic E-state index is 13.0. The van der Waals surface area contributed by atoms with Gasteiger partial charge < -0.3 is 10.7 Å². The van der Waals surface area contributed by atoms with Gasteiger partial charge in [-0.25, -0.2) is 24.3 Å². The van der Waals surface area contributed by atoms with Gasteiger partial charge in [0.1, 0.15) is 10.7 Å². The van der Waals surface area contributed by atoms with Gasteiger partial charge in [0.15, 0.2) is 23.1 Å². The summed E-state index contributed by atoms with van der Waals surface area (Å²) in [7, 11) is 0. The lowest BCUT2D eigenvalue weighted by molar-refractivity contribution is 0.620. The molecule has 3 rings (SSSR count). The molecule has 0 amide bonds. The Morgan fingerprint density at radius 1 is 1.22 bits per heavy atom. The van der Waals surface area contributed by atoms with Gasteiger partial charge in [-0.3, -0.25) is 0 Å². The zero-order valence-electron chi connectivity index (χ0n) is 8.85. The van der Waals surface area contributed by atoms with Crippen LogP contribution in [0.25, 0.3) is 22.6 Å². The van der Waals surface area contributed by atoms with Crippen molar-refractivity contribution in [3.63, 3.8) is 0 Å². The van der Waals surface area contributed by atoms with Gasteiger partial charge >= 0.3 is 0 Å². The highest BCUT2D eigenvalue weighted by atomic mass is 35.5. The maximum atomic E-state index is 13.0. The molecule has 0 bridgehead atoms. The third kappa shape index (κ3) is 1.65. The largest absolute Gasteiger partial charge is 0.381 e. The molecule has 3 N–H and O–H groups in total. The minimum atomic E-state index is -0.664. The smallest absolute Gasteiger partial charge is 0.183 e. The Morgan fingerprint density at radius 2 is 2.06 bits per heavy atom. The van der Waals surface area contributed by atoms with Crippen molar-refractivity contribution in [2.24, 2.45) is 0 Å². The minimum absolute atomic E-state index is 0.218. The molecular weight excluding hydrogens is 259 g/mol. The third-order valence-electron chi connectivity index (χ3n) is 2.36. The number of hydrogen-bond acceptors (Lipinski definition) is 5. The molecule has 90 valence electrons. The van der Waals surface area contributed by atoms with Gasteiger partial charge in [-0.15, -0.1) is 0 Å². The first-order valence-corrected chi connectivity index (χ1v) is 5.31. The Hall–Kier alpha value is -2.28. The fourth-order valence-corrected chi connectivity index (χ4v) is 1.68. The van der Waals surface area contributed by atoms with Crippen molar-refractivity contribution in [1.82, 2.24) is 24.9 Å². The topological polar surface area (TPSA) is 93.4 Å². The van der Waals surface area contributed by atoms with Gasteiger partial charge in [0.05, 0.1) is 18.0 Å². The van der Waals surface area contributed by atoms with Crippen molar-refractivity contribution in [2.75, 3.05) is 5.73 Å². The van der Waals surface area contributed by atoms with Crippen LogP contribution in [-0.4, -0.2) is 24.9 Å². The Balaban J connectivity index is 2.24. The number of hydrogen-bond donors (Lipinski definition) is 2. The molecular formula is C10H6ClFN6. The summed E-state index contributed by atoms with van der Waals surface area (Å²) in [6.45, 7) is 0. The summed E-state index contributed by atoms with van der Waals surface area (Å²) in [5.74, 6) is -0.622. The number of aromatic amines is 1. The van der Waals surface area contributed by atoms with E-state index in [9.17, 15) is 4.39 Å². The average Bonchev–Trinajstić information content (AvgIpc) is 2.75. The summed E-state index contributed by atoms with van der Waals surface area (Å²) in [4.78, 5) is 18.8. The highest BCUT2D eigenvalue weighted by molar-refractivity contribution is 6.29. The average molecular weight is 265 g/mol. The van der Waals surface area contributed by atoms with Gasteiger partial charge in [-0.2, -0.15) is 0 Å². The van der Waals surface area contributed by atoms with Crippen LogP contribution >= 0.6 is 11.6 Å². The van der Waals surface area contributed by atoms with Crippen molar-refractivity contribution in [1.29, 1.82) is 0 Å². The molecule has 3 aromatic rings. The first-order chi connectivity index (χ1) is 8.65. The number of nitrogens with one attached hydrogen (secondary N) is 1. The molecule has 0 saturated carbocycles. The number of rotatable bonds is 1. The molecule has 0 unspecified atom stereocenters. The fourth-order valence-electron chi connectivity index (χ4n) is 1.55. The van der Waals surface area contributed by atoms with Gasteiger partial charge in [0.25, 0.3) is 0 Å². The second kappa shape index (κ2) is 3.88. The summed E-state index contributed by atoms with van der Waals surface area (Å²) >= 11 is 5.78. The lowest BCUT2D eigenvalue weighted by Gasteiger charge is -1.99. The molecule has 0 spiro atoms. The van der Waals surface area contributed by atoms with E-state index in [0.29, 0.717) is 16.7 Å². The van der Waals surface area contributed by atoms with Crippen LogP contribution in [0.1, 0.15) is 0 Å². The molecule has 0 atom stereocenters. The van der Waals surface area contributed by atoms with Crippen LogP contribution in [0.4, 0.5) is 10.2 Å². The number of nitrogens with two attached hydrogens (primary N) is 1. The molecule has 0 fully saturated rings. The van der Waals surface area contributed by atoms with E-state index < -0.39 is 5.82 Å². The second-order valence-corrected chi connectivity index (χ2v) is 3.91. The highest BCUT2D eigenvalue weighted by Crippen LogP contribution is 2.25. The molecule has 0 aromatic carbocycles. The number of fused-ring (bicyclic) bond motifs is 1. The van der Waals surface area contributed by atoms with Crippen LogP contribution in [-0.2, 0) is 0 Å². The van der Waals surface area contributed by atoms with Crippen molar-refractivity contribution in [3.05, 3.63) is 29.6 Å². The molecule has 0 radical (unpaired) electrons. The first-order valence-electron chi connectivity index (χ1n) is 4.93. The zero-order valence-corrected chi connectivity index (χ0v) is 9.61.